The molecule has 1 aliphatic heterocycles. The lowest BCUT2D eigenvalue weighted by Gasteiger charge is -2.17. The Morgan fingerprint density at radius 2 is 1.96 bits per heavy atom. The Labute approximate surface area is 160 Å². The molecule has 0 fully saturated rings. The highest BCUT2D eigenvalue weighted by Gasteiger charge is 2.43. The number of esters is 1. The Morgan fingerprint density at radius 3 is 2.64 bits per heavy atom. The van der Waals surface area contributed by atoms with E-state index in [2.05, 4.69) is 9.89 Å². The first-order valence-corrected chi connectivity index (χ1v) is 8.51. The highest BCUT2D eigenvalue weighted by molar-refractivity contribution is 6.05. The molecular formula is C20H19F2NO5. The van der Waals surface area contributed by atoms with Crippen LogP contribution >= 0.6 is 0 Å². The van der Waals surface area contributed by atoms with Gasteiger partial charge in [0.05, 0.1) is 12.8 Å². The van der Waals surface area contributed by atoms with Crippen LogP contribution in [0.25, 0.3) is 0 Å². The van der Waals surface area contributed by atoms with Gasteiger partial charge >= 0.3 is 12.6 Å². The average Bonchev–Trinajstić information content (AvgIpc) is 3.10. The van der Waals surface area contributed by atoms with E-state index >= 15 is 0 Å². The number of rotatable bonds is 7. The van der Waals surface area contributed by atoms with Gasteiger partial charge in [-0.05, 0) is 30.7 Å². The minimum atomic E-state index is -2.99. The van der Waals surface area contributed by atoms with Crippen LogP contribution < -0.4 is 9.47 Å². The summed E-state index contributed by atoms with van der Waals surface area (Å²) in [6.45, 7) is -1.25. The lowest BCUT2D eigenvalue weighted by molar-refractivity contribution is -0.164. The summed E-state index contributed by atoms with van der Waals surface area (Å²) in [7, 11) is 1.26. The van der Waals surface area contributed by atoms with Gasteiger partial charge in [0, 0.05) is 12.0 Å². The zero-order valence-electron chi connectivity index (χ0n) is 15.4. The van der Waals surface area contributed by atoms with Crippen LogP contribution in [-0.2, 0) is 21.0 Å². The van der Waals surface area contributed by atoms with E-state index in [0.717, 1.165) is 5.56 Å². The fourth-order valence-electron chi connectivity index (χ4n) is 2.75. The number of carbonyl (C=O) groups is 1. The Bertz CT molecular complexity index is 872. The number of benzene rings is 2. The number of ether oxygens (including phenoxy) is 3. The summed E-state index contributed by atoms with van der Waals surface area (Å²) in [4.78, 5) is 17.1. The minimum Gasteiger partial charge on any atom is -0.485 e. The maximum absolute atomic E-state index is 12.7. The van der Waals surface area contributed by atoms with E-state index in [9.17, 15) is 13.6 Å². The maximum atomic E-state index is 12.7. The van der Waals surface area contributed by atoms with Crippen molar-refractivity contribution in [1.29, 1.82) is 0 Å². The molecule has 148 valence electrons. The van der Waals surface area contributed by atoms with Gasteiger partial charge in [0.25, 0.3) is 0 Å². The average molecular weight is 391 g/mol. The van der Waals surface area contributed by atoms with Crippen LogP contribution in [0.3, 0.4) is 0 Å². The molecule has 0 aliphatic carbocycles. The van der Waals surface area contributed by atoms with Gasteiger partial charge in [-0.25, -0.2) is 4.79 Å². The van der Waals surface area contributed by atoms with Crippen LogP contribution in [0.1, 0.15) is 24.5 Å². The lowest BCUT2D eigenvalue weighted by Crippen LogP contribution is -2.36. The van der Waals surface area contributed by atoms with Crippen molar-refractivity contribution >= 4 is 11.7 Å². The molecule has 28 heavy (non-hydrogen) atoms. The molecule has 1 atom stereocenters. The zero-order chi connectivity index (χ0) is 20.1. The van der Waals surface area contributed by atoms with Crippen molar-refractivity contribution in [1.82, 2.24) is 0 Å². The molecule has 1 unspecified atom stereocenters. The number of oxime groups is 1. The summed E-state index contributed by atoms with van der Waals surface area (Å²) in [5.74, 6) is -0.509. The molecule has 0 saturated carbocycles. The van der Waals surface area contributed by atoms with Gasteiger partial charge in [-0.1, -0.05) is 35.5 Å². The molecule has 1 aliphatic rings. The second-order valence-electron chi connectivity index (χ2n) is 6.34. The number of methoxy groups -OCH3 is 1. The molecule has 6 nitrogen and oxygen atoms in total. The lowest BCUT2D eigenvalue weighted by atomic mass is 9.96. The molecule has 0 N–H and O–H groups in total. The Morgan fingerprint density at radius 1 is 1.21 bits per heavy atom. The smallest absolute Gasteiger partial charge is 0.387 e. The molecule has 2 aromatic carbocycles. The molecule has 0 aromatic heterocycles. The number of alkyl halides is 2. The van der Waals surface area contributed by atoms with Gasteiger partial charge in [-0.3, -0.25) is 0 Å². The second kappa shape index (κ2) is 8.24. The summed E-state index contributed by atoms with van der Waals surface area (Å²) in [5, 5.41) is 3.95. The van der Waals surface area contributed by atoms with Crippen LogP contribution in [0, 0.1) is 0 Å². The van der Waals surface area contributed by atoms with E-state index in [0.29, 0.717) is 11.3 Å². The molecule has 0 amide bonds. The molecule has 3 rings (SSSR count). The molecule has 0 saturated heterocycles. The van der Waals surface area contributed by atoms with Crippen molar-refractivity contribution in [2.75, 3.05) is 7.11 Å². The first kappa shape index (κ1) is 19.6. The van der Waals surface area contributed by atoms with Crippen LogP contribution in [0.5, 0.6) is 11.5 Å². The Balaban J connectivity index is 1.82. The quantitative estimate of drug-likeness (QED) is 0.670. The molecule has 0 spiro atoms. The van der Waals surface area contributed by atoms with Gasteiger partial charge in [0.1, 0.15) is 6.61 Å². The zero-order valence-corrected chi connectivity index (χ0v) is 15.4. The predicted octanol–water partition coefficient (Wildman–Crippen LogP) is 3.92. The number of nitrogens with zero attached hydrogens (tertiary/aromatic N) is 1. The summed E-state index contributed by atoms with van der Waals surface area (Å²) in [6, 6.07) is 13.7. The van der Waals surface area contributed by atoms with Gasteiger partial charge in [-0.15, -0.1) is 0 Å². The van der Waals surface area contributed by atoms with Crippen molar-refractivity contribution in [3.05, 3.63) is 59.7 Å². The van der Waals surface area contributed by atoms with Crippen LogP contribution in [0.4, 0.5) is 8.78 Å². The highest BCUT2D eigenvalue weighted by Crippen LogP contribution is 2.34. The third kappa shape index (κ3) is 4.39. The van der Waals surface area contributed by atoms with Crippen LogP contribution in [0.15, 0.2) is 53.7 Å². The van der Waals surface area contributed by atoms with E-state index in [1.807, 2.05) is 30.3 Å². The standard InChI is InChI=1S/C20H19F2NO5/c1-20(18(24)25-2)11-15(23-28-20)14-8-9-16(27-19(21)22)17(10-14)26-12-13-6-4-3-5-7-13/h3-10,19H,11-12H2,1-2H3. The van der Waals surface area contributed by atoms with Crippen molar-refractivity contribution in [3.63, 3.8) is 0 Å². The van der Waals surface area contributed by atoms with Crippen molar-refractivity contribution < 1.29 is 32.6 Å². The molecular weight excluding hydrogens is 372 g/mol. The van der Waals surface area contributed by atoms with E-state index in [4.69, 9.17) is 14.3 Å². The normalized spacial score (nSPS) is 18.4. The van der Waals surface area contributed by atoms with Gasteiger partial charge in [0.2, 0.25) is 5.60 Å². The molecule has 0 radical (unpaired) electrons. The SMILES string of the molecule is COC(=O)C1(C)CC(c2ccc(OC(F)F)c(OCc3ccccc3)c2)=NO1. The van der Waals surface area contributed by atoms with Gasteiger partial charge in [0.15, 0.2) is 11.5 Å². The molecule has 0 bridgehead atoms. The first-order valence-electron chi connectivity index (χ1n) is 8.51. The topological polar surface area (TPSA) is 66.4 Å². The summed E-state index contributed by atoms with van der Waals surface area (Å²) in [5.41, 5.74) is 0.682. The van der Waals surface area contributed by atoms with Gasteiger partial charge in [-0.2, -0.15) is 8.78 Å². The van der Waals surface area contributed by atoms with Gasteiger partial charge < -0.3 is 19.0 Å². The number of halogens is 2. The summed E-state index contributed by atoms with van der Waals surface area (Å²) in [6.07, 6.45) is 0.173. The van der Waals surface area contributed by atoms with Crippen molar-refractivity contribution in [2.24, 2.45) is 5.16 Å². The van der Waals surface area contributed by atoms with E-state index in [-0.39, 0.29) is 24.5 Å². The number of hydrogen-bond acceptors (Lipinski definition) is 6. The fraction of sp³-hybridized carbons (Fsp3) is 0.300. The Kier molecular flexibility index (Phi) is 5.77. The summed E-state index contributed by atoms with van der Waals surface area (Å²) >= 11 is 0. The van der Waals surface area contributed by atoms with Crippen molar-refractivity contribution in [2.45, 2.75) is 32.2 Å². The summed E-state index contributed by atoms with van der Waals surface area (Å²) < 4.78 is 40.4. The Hall–Kier alpha value is -3.16. The van der Waals surface area contributed by atoms with Crippen LogP contribution in [0.2, 0.25) is 0 Å². The fourth-order valence-corrected chi connectivity index (χ4v) is 2.75. The monoisotopic (exact) mass is 391 g/mol. The van der Waals surface area contributed by atoms with Crippen LogP contribution in [-0.4, -0.2) is 31.0 Å². The van der Waals surface area contributed by atoms with E-state index in [1.165, 1.54) is 19.2 Å². The largest absolute Gasteiger partial charge is 0.485 e. The number of hydrogen-bond donors (Lipinski definition) is 0. The first-order chi connectivity index (χ1) is 13.4. The predicted molar refractivity (Wildman–Crippen MR) is 96.5 cm³/mol. The van der Waals surface area contributed by atoms with Crippen molar-refractivity contribution in [3.8, 4) is 11.5 Å². The third-order valence-electron chi connectivity index (χ3n) is 4.21. The van der Waals surface area contributed by atoms with E-state index < -0.39 is 18.2 Å². The third-order valence-corrected chi connectivity index (χ3v) is 4.21. The molecule has 8 heteroatoms. The minimum absolute atomic E-state index is 0.0927. The van der Waals surface area contributed by atoms with E-state index in [1.54, 1.807) is 13.0 Å². The highest BCUT2D eigenvalue weighted by atomic mass is 19.3. The second-order valence-corrected chi connectivity index (χ2v) is 6.34. The molecule has 1 heterocycles. The number of carbonyl (C=O) groups excluding carboxylic acids is 1. The molecule has 2 aromatic rings. The maximum Gasteiger partial charge on any atom is 0.387 e.